The molecule has 0 amide bonds. The van der Waals surface area contributed by atoms with E-state index < -0.39 is 0 Å². The van der Waals surface area contributed by atoms with Gasteiger partial charge in [-0.1, -0.05) is 63.6 Å². The van der Waals surface area contributed by atoms with E-state index >= 15 is 0 Å². The van der Waals surface area contributed by atoms with Gasteiger partial charge in [-0.25, -0.2) is 0 Å². The van der Waals surface area contributed by atoms with E-state index in [0.29, 0.717) is 24.5 Å². The normalized spacial score (nSPS) is 19.9. The molecule has 0 fully saturated rings. The summed E-state index contributed by atoms with van der Waals surface area (Å²) in [6, 6.07) is 13.6. The van der Waals surface area contributed by atoms with Gasteiger partial charge < -0.3 is 9.47 Å². The Balaban J connectivity index is 1.61. The Kier molecular flexibility index (Phi) is 4.93. The molecule has 1 aliphatic heterocycles. The number of hydrogen-bond acceptors (Lipinski definition) is 2. The predicted molar refractivity (Wildman–Crippen MR) is 106 cm³/mol. The van der Waals surface area contributed by atoms with Crippen LogP contribution >= 0.6 is 0 Å². The summed E-state index contributed by atoms with van der Waals surface area (Å²) in [5, 5.41) is 0. The van der Waals surface area contributed by atoms with E-state index in [0.717, 1.165) is 17.9 Å². The van der Waals surface area contributed by atoms with Crippen molar-refractivity contribution in [1.29, 1.82) is 0 Å². The molecule has 2 aromatic carbocycles. The van der Waals surface area contributed by atoms with Crippen molar-refractivity contribution < 1.29 is 9.47 Å². The predicted octanol–water partition coefficient (Wildman–Crippen LogP) is 6.23. The van der Waals surface area contributed by atoms with Gasteiger partial charge in [0.1, 0.15) is 0 Å². The number of aryl methyl sites for hydroxylation is 1. The molecule has 0 radical (unpaired) electrons. The Morgan fingerprint density at radius 1 is 0.962 bits per heavy atom. The van der Waals surface area contributed by atoms with Crippen molar-refractivity contribution in [2.45, 2.75) is 64.7 Å². The second-order valence-corrected chi connectivity index (χ2v) is 8.27. The number of rotatable bonds is 4. The highest BCUT2D eigenvalue weighted by Crippen LogP contribution is 2.44. The minimum Gasteiger partial charge on any atom is -0.453 e. The third-order valence-electron chi connectivity index (χ3n) is 6.15. The van der Waals surface area contributed by atoms with Crippen molar-refractivity contribution in [3.05, 3.63) is 58.7 Å². The number of fused-ring (bicyclic) bond motifs is 2. The highest BCUT2D eigenvalue weighted by molar-refractivity contribution is 5.54. The van der Waals surface area contributed by atoms with Crippen LogP contribution in [-0.4, -0.2) is 6.79 Å². The first-order valence-electron chi connectivity index (χ1n) is 10.1. The molecule has 2 aliphatic rings. The zero-order valence-corrected chi connectivity index (χ0v) is 16.3. The van der Waals surface area contributed by atoms with E-state index in [4.69, 9.17) is 9.47 Å². The maximum Gasteiger partial charge on any atom is 0.231 e. The van der Waals surface area contributed by atoms with Crippen LogP contribution < -0.4 is 9.47 Å². The van der Waals surface area contributed by atoms with E-state index in [2.05, 4.69) is 57.2 Å². The van der Waals surface area contributed by atoms with Gasteiger partial charge >= 0.3 is 0 Å². The standard InChI is InChI=1S/C24H30O2/c1-16(2)20-13-12-19(23-24(20)26-15-25-23)14-17(3)21-10-6-4-8-18-9-5-7-11-22(18)21/h5,7,9,11-13,16-17,21H,4,6,8,10,14-15H2,1-3H3. The summed E-state index contributed by atoms with van der Waals surface area (Å²) in [4.78, 5) is 0. The van der Waals surface area contributed by atoms with Gasteiger partial charge in [-0.2, -0.15) is 0 Å². The molecule has 2 atom stereocenters. The van der Waals surface area contributed by atoms with E-state index in [1.54, 1.807) is 11.1 Å². The lowest BCUT2D eigenvalue weighted by atomic mass is 9.79. The van der Waals surface area contributed by atoms with E-state index in [1.807, 2.05) is 0 Å². The molecule has 2 unspecified atom stereocenters. The lowest BCUT2D eigenvalue weighted by Gasteiger charge is -2.25. The van der Waals surface area contributed by atoms with Gasteiger partial charge in [0.15, 0.2) is 11.5 Å². The third-order valence-corrected chi connectivity index (χ3v) is 6.15. The minimum atomic E-state index is 0.354. The molecule has 0 bridgehead atoms. The summed E-state index contributed by atoms with van der Waals surface area (Å²) in [6.07, 6.45) is 6.21. The zero-order valence-electron chi connectivity index (χ0n) is 16.3. The molecule has 0 saturated carbocycles. The van der Waals surface area contributed by atoms with Gasteiger partial charge in [-0.3, -0.25) is 0 Å². The molecule has 2 aromatic rings. The molecular formula is C24H30O2. The lowest BCUT2D eigenvalue weighted by molar-refractivity contribution is 0.172. The third kappa shape index (κ3) is 3.22. The summed E-state index contributed by atoms with van der Waals surface area (Å²) in [7, 11) is 0. The minimum absolute atomic E-state index is 0.354. The first-order valence-corrected chi connectivity index (χ1v) is 10.1. The molecule has 0 N–H and O–H groups in total. The van der Waals surface area contributed by atoms with Crippen LogP contribution in [0.2, 0.25) is 0 Å². The van der Waals surface area contributed by atoms with Gasteiger partial charge in [-0.05, 0) is 60.1 Å². The quantitative estimate of drug-likeness (QED) is 0.609. The van der Waals surface area contributed by atoms with Crippen LogP contribution in [0.4, 0.5) is 0 Å². The molecular weight excluding hydrogens is 320 g/mol. The monoisotopic (exact) mass is 350 g/mol. The van der Waals surface area contributed by atoms with Crippen LogP contribution in [0.3, 0.4) is 0 Å². The van der Waals surface area contributed by atoms with Gasteiger partial charge in [0.05, 0.1) is 0 Å². The van der Waals surface area contributed by atoms with Crippen LogP contribution in [0.15, 0.2) is 36.4 Å². The molecule has 0 aromatic heterocycles. The summed E-state index contributed by atoms with van der Waals surface area (Å²) >= 11 is 0. The van der Waals surface area contributed by atoms with Crippen LogP contribution in [0, 0.1) is 5.92 Å². The maximum absolute atomic E-state index is 5.88. The van der Waals surface area contributed by atoms with Crippen LogP contribution in [0.5, 0.6) is 11.5 Å². The van der Waals surface area contributed by atoms with Crippen LogP contribution in [0.25, 0.3) is 0 Å². The van der Waals surface area contributed by atoms with Gasteiger partial charge in [-0.15, -0.1) is 0 Å². The lowest BCUT2D eigenvalue weighted by Crippen LogP contribution is -2.13. The average Bonchev–Trinajstić information content (AvgIpc) is 3.02. The molecule has 26 heavy (non-hydrogen) atoms. The SMILES string of the molecule is CC(C)c1ccc(CC(C)C2CCCCc3ccccc32)c2c1OCO2. The van der Waals surface area contributed by atoms with Crippen molar-refractivity contribution in [1.82, 2.24) is 0 Å². The van der Waals surface area contributed by atoms with Crippen molar-refractivity contribution in [2.24, 2.45) is 5.92 Å². The molecule has 0 spiro atoms. The highest BCUT2D eigenvalue weighted by atomic mass is 16.7. The molecule has 1 aliphatic carbocycles. The van der Waals surface area contributed by atoms with Gasteiger partial charge in [0.2, 0.25) is 6.79 Å². The summed E-state index contributed by atoms with van der Waals surface area (Å²) in [6.45, 7) is 7.18. The molecule has 4 rings (SSSR count). The second kappa shape index (κ2) is 7.34. The summed E-state index contributed by atoms with van der Waals surface area (Å²) < 4.78 is 11.7. The molecule has 138 valence electrons. The Bertz CT molecular complexity index is 778. The van der Waals surface area contributed by atoms with Crippen molar-refractivity contribution in [3.63, 3.8) is 0 Å². The summed E-state index contributed by atoms with van der Waals surface area (Å²) in [5.41, 5.74) is 5.69. The zero-order chi connectivity index (χ0) is 18.1. The average molecular weight is 351 g/mol. The highest BCUT2D eigenvalue weighted by Gasteiger charge is 2.28. The van der Waals surface area contributed by atoms with Gasteiger partial charge in [0.25, 0.3) is 0 Å². The van der Waals surface area contributed by atoms with Gasteiger partial charge in [0, 0.05) is 5.56 Å². The number of ether oxygens (including phenoxy) is 2. The van der Waals surface area contributed by atoms with E-state index in [1.165, 1.54) is 36.8 Å². The molecule has 2 nitrogen and oxygen atoms in total. The maximum atomic E-state index is 5.88. The fourth-order valence-corrected chi connectivity index (χ4v) is 4.73. The molecule has 0 saturated heterocycles. The Hall–Kier alpha value is -1.96. The van der Waals surface area contributed by atoms with E-state index in [9.17, 15) is 0 Å². The van der Waals surface area contributed by atoms with Crippen LogP contribution in [-0.2, 0) is 12.8 Å². The number of benzene rings is 2. The summed E-state index contributed by atoms with van der Waals surface area (Å²) in [5.74, 6) is 3.64. The first kappa shape index (κ1) is 17.5. The largest absolute Gasteiger partial charge is 0.453 e. The molecule has 1 heterocycles. The van der Waals surface area contributed by atoms with E-state index in [-0.39, 0.29) is 0 Å². The Morgan fingerprint density at radius 2 is 1.77 bits per heavy atom. The Morgan fingerprint density at radius 3 is 2.62 bits per heavy atom. The topological polar surface area (TPSA) is 18.5 Å². The van der Waals surface area contributed by atoms with Crippen molar-refractivity contribution in [3.8, 4) is 11.5 Å². The Labute approximate surface area is 157 Å². The van der Waals surface area contributed by atoms with Crippen molar-refractivity contribution >= 4 is 0 Å². The first-order chi connectivity index (χ1) is 12.6. The smallest absolute Gasteiger partial charge is 0.231 e. The second-order valence-electron chi connectivity index (χ2n) is 8.27. The fraction of sp³-hybridized carbons (Fsp3) is 0.500. The van der Waals surface area contributed by atoms with Crippen molar-refractivity contribution in [2.75, 3.05) is 6.79 Å². The number of hydrogen-bond donors (Lipinski definition) is 0. The molecule has 2 heteroatoms. The van der Waals surface area contributed by atoms with Crippen LogP contribution in [0.1, 0.15) is 74.1 Å². The fourth-order valence-electron chi connectivity index (χ4n) is 4.73.